The van der Waals surface area contributed by atoms with Crippen LogP contribution in [-0.4, -0.2) is 37.3 Å². The van der Waals surface area contributed by atoms with Gasteiger partial charge in [0.05, 0.1) is 15.8 Å². The molecule has 0 aliphatic rings. The molecule has 0 aliphatic carbocycles. The maximum Gasteiger partial charge on any atom is 0.321 e. The summed E-state index contributed by atoms with van der Waals surface area (Å²) < 4.78 is 4.73. The van der Waals surface area contributed by atoms with E-state index < -0.39 is 24.5 Å². The van der Waals surface area contributed by atoms with Crippen LogP contribution in [0.3, 0.4) is 0 Å². The van der Waals surface area contributed by atoms with Gasteiger partial charge in [0.2, 0.25) is 0 Å². The highest BCUT2D eigenvalue weighted by Gasteiger charge is 2.10. The van der Waals surface area contributed by atoms with Crippen LogP contribution in [0.4, 0.5) is 4.79 Å². The largest absolute Gasteiger partial charge is 0.455 e. The number of hydrogen-bond acceptors (Lipinski definition) is 5. The van der Waals surface area contributed by atoms with Crippen molar-refractivity contribution in [3.8, 4) is 0 Å². The molecular formula is C13H14Cl2N2O4S. The monoisotopic (exact) mass is 364 g/mol. The predicted octanol–water partition coefficient (Wildman–Crippen LogP) is 2.23. The Bertz CT molecular complexity index is 569. The van der Waals surface area contributed by atoms with Gasteiger partial charge in [0.15, 0.2) is 6.61 Å². The summed E-state index contributed by atoms with van der Waals surface area (Å²) in [5.74, 6) is -0.608. The number of halogens is 2. The van der Waals surface area contributed by atoms with E-state index in [0.29, 0.717) is 15.8 Å². The molecule has 0 unspecified atom stereocenters. The van der Waals surface area contributed by atoms with Gasteiger partial charge >= 0.3 is 12.0 Å². The molecular weight excluding hydrogens is 351 g/mol. The van der Waals surface area contributed by atoms with Crippen molar-refractivity contribution in [2.45, 2.75) is 5.75 Å². The zero-order valence-corrected chi connectivity index (χ0v) is 14.0. The van der Waals surface area contributed by atoms with Crippen LogP contribution in [0.15, 0.2) is 18.2 Å². The van der Waals surface area contributed by atoms with Crippen molar-refractivity contribution < 1.29 is 19.1 Å². The van der Waals surface area contributed by atoms with E-state index in [1.54, 1.807) is 12.1 Å². The Hall–Kier alpha value is -1.44. The van der Waals surface area contributed by atoms with Crippen molar-refractivity contribution in [3.05, 3.63) is 33.8 Å². The highest BCUT2D eigenvalue weighted by atomic mass is 35.5. The number of hydrogen-bond donors (Lipinski definition) is 2. The molecule has 6 nitrogen and oxygen atoms in total. The minimum absolute atomic E-state index is 0.0769. The molecule has 0 aliphatic heterocycles. The van der Waals surface area contributed by atoms with Crippen LogP contribution in [0.1, 0.15) is 5.56 Å². The fraction of sp³-hybridized carbons (Fsp3) is 0.308. The summed E-state index contributed by atoms with van der Waals surface area (Å²) in [6, 6.07) is 4.55. The number of carbonyl (C=O) groups is 3. The second-order valence-electron chi connectivity index (χ2n) is 4.03. The van der Waals surface area contributed by atoms with E-state index in [2.05, 4.69) is 5.32 Å². The lowest BCUT2D eigenvalue weighted by molar-refractivity contribution is -0.145. The smallest absolute Gasteiger partial charge is 0.321 e. The highest BCUT2D eigenvalue weighted by molar-refractivity contribution is 7.99. The predicted molar refractivity (Wildman–Crippen MR) is 86.2 cm³/mol. The number of benzene rings is 1. The van der Waals surface area contributed by atoms with Crippen LogP contribution < -0.4 is 10.6 Å². The topological polar surface area (TPSA) is 84.5 Å². The molecule has 0 bridgehead atoms. The van der Waals surface area contributed by atoms with Crippen LogP contribution >= 0.6 is 35.0 Å². The minimum Gasteiger partial charge on any atom is -0.455 e. The maximum absolute atomic E-state index is 11.4. The van der Waals surface area contributed by atoms with Crippen molar-refractivity contribution in [1.82, 2.24) is 10.6 Å². The van der Waals surface area contributed by atoms with Gasteiger partial charge in [-0.2, -0.15) is 0 Å². The lowest BCUT2D eigenvalue weighted by Gasteiger charge is -2.06. The molecule has 1 aromatic rings. The number of nitrogens with one attached hydrogen (secondary N) is 2. The summed E-state index contributed by atoms with van der Waals surface area (Å²) in [6.45, 7) is -0.500. The van der Waals surface area contributed by atoms with Gasteiger partial charge in [-0.25, -0.2) is 4.79 Å². The third-order valence-corrected chi connectivity index (χ3v) is 4.03. The van der Waals surface area contributed by atoms with Crippen LogP contribution in [0, 0.1) is 0 Å². The average Bonchev–Trinajstić information content (AvgIpc) is 2.48. The van der Waals surface area contributed by atoms with Gasteiger partial charge in [0.25, 0.3) is 5.91 Å². The fourth-order valence-electron chi connectivity index (χ4n) is 1.29. The van der Waals surface area contributed by atoms with Gasteiger partial charge in [-0.05, 0) is 17.7 Å². The molecule has 0 saturated carbocycles. The lowest BCUT2D eigenvalue weighted by Crippen LogP contribution is -2.39. The molecule has 120 valence electrons. The van der Waals surface area contributed by atoms with E-state index in [-0.39, 0.29) is 5.75 Å². The van der Waals surface area contributed by atoms with Gasteiger partial charge in [0.1, 0.15) is 0 Å². The van der Waals surface area contributed by atoms with E-state index in [0.717, 1.165) is 5.56 Å². The molecule has 2 N–H and O–H groups in total. The standard InChI is InChI=1S/C13H14Cl2N2O4S/c1-16-13(20)17-11(18)5-21-12(19)7-22-6-8-2-3-9(14)10(15)4-8/h2-4H,5-7H2,1H3,(H2,16,17,18,20). The summed E-state index contributed by atoms with van der Waals surface area (Å²) in [4.78, 5) is 33.5. The van der Waals surface area contributed by atoms with E-state index in [9.17, 15) is 14.4 Å². The zero-order valence-electron chi connectivity index (χ0n) is 11.7. The Morgan fingerprint density at radius 3 is 2.59 bits per heavy atom. The third-order valence-electron chi connectivity index (χ3n) is 2.32. The Balaban J connectivity index is 2.24. The molecule has 0 radical (unpaired) electrons. The number of imide groups is 1. The average molecular weight is 365 g/mol. The minimum atomic E-state index is -0.692. The number of ether oxygens (including phenoxy) is 1. The van der Waals surface area contributed by atoms with Crippen molar-refractivity contribution in [3.63, 3.8) is 0 Å². The van der Waals surface area contributed by atoms with Crippen LogP contribution in [-0.2, 0) is 20.1 Å². The number of amides is 3. The van der Waals surface area contributed by atoms with E-state index in [1.807, 2.05) is 11.4 Å². The van der Waals surface area contributed by atoms with Gasteiger partial charge < -0.3 is 10.1 Å². The van der Waals surface area contributed by atoms with Gasteiger partial charge in [-0.15, -0.1) is 11.8 Å². The van der Waals surface area contributed by atoms with Gasteiger partial charge in [0, 0.05) is 12.8 Å². The van der Waals surface area contributed by atoms with Crippen LogP contribution in [0.25, 0.3) is 0 Å². The van der Waals surface area contributed by atoms with Crippen molar-refractivity contribution in [1.29, 1.82) is 0 Å². The van der Waals surface area contributed by atoms with E-state index >= 15 is 0 Å². The summed E-state index contributed by atoms with van der Waals surface area (Å²) >= 11 is 13.0. The molecule has 22 heavy (non-hydrogen) atoms. The Labute approximate surface area is 141 Å². The Morgan fingerprint density at radius 2 is 1.95 bits per heavy atom. The lowest BCUT2D eigenvalue weighted by atomic mass is 10.2. The van der Waals surface area contributed by atoms with Gasteiger partial charge in [-0.1, -0.05) is 29.3 Å². The van der Waals surface area contributed by atoms with E-state index in [4.69, 9.17) is 27.9 Å². The second kappa shape index (κ2) is 9.55. The first-order valence-corrected chi connectivity index (χ1v) is 8.02. The van der Waals surface area contributed by atoms with Crippen LogP contribution in [0.2, 0.25) is 10.0 Å². The van der Waals surface area contributed by atoms with Crippen molar-refractivity contribution in [2.24, 2.45) is 0 Å². The number of rotatable bonds is 6. The maximum atomic E-state index is 11.4. The summed E-state index contributed by atoms with van der Waals surface area (Å²) in [5, 5.41) is 5.11. The molecule has 1 rings (SSSR count). The molecule has 0 fully saturated rings. The second-order valence-corrected chi connectivity index (χ2v) is 5.83. The van der Waals surface area contributed by atoms with Gasteiger partial charge in [-0.3, -0.25) is 14.9 Å². The zero-order chi connectivity index (χ0) is 16.5. The quantitative estimate of drug-likeness (QED) is 0.756. The highest BCUT2D eigenvalue weighted by Crippen LogP contribution is 2.24. The number of thioether (sulfide) groups is 1. The first-order chi connectivity index (χ1) is 10.4. The van der Waals surface area contributed by atoms with Crippen molar-refractivity contribution in [2.75, 3.05) is 19.4 Å². The van der Waals surface area contributed by atoms with E-state index in [1.165, 1.54) is 18.8 Å². The van der Waals surface area contributed by atoms with Crippen LogP contribution in [0.5, 0.6) is 0 Å². The summed E-state index contributed by atoms with van der Waals surface area (Å²) in [5.41, 5.74) is 0.921. The number of carbonyl (C=O) groups excluding carboxylic acids is 3. The molecule has 3 amide bonds. The SMILES string of the molecule is CNC(=O)NC(=O)COC(=O)CSCc1ccc(Cl)c(Cl)c1. The molecule has 0 heterocycles. The third kappa shape index (κ3) is 7.02. The Morgan fingerprint density at radius 1 is 1.23 bits per heavy atom. The fourth-order valence-corrected chi connectivity index (χ4v) is 2.38. The number of urea groups is 1. The molecule has 0 aromatic heterocycles. The molecule has 1 aromatic carbocycles. The molecule has 0 spiro atoms. The first kappa shape index (κ1) is 18.6. The van der Waals surface area contributed by atoms with Crippen molar-refractivity contribution >= 4 is 52.9 Å². The normalized spacial score (nSPS) is 9.95. The molecule has 0 saturated heterocycles. The molecule has 9 heteroatoms. The summed E-state index contributed by atoms with van der Waals surface area (Å²) in [6.07, 6.45) is 0. The Kier molecular flexibility index (Phi) is 8.08. The molecule has 0 atom stereocenters. The number of esters is 1. The first-order valence-electron chi connectivity index (χ1n) is 6.11. The summed E-state index contributed by atoms with van der Waals surface area (Å²) in [7, 11) is 1.37.